The van der Waals surface area contributed by atoms with Crippen LogP contribution in [-0.4, -0.2) is 28.4 Å². The maximum absolute atomic E-state index is 11.1. The molecule has 0 rings (SSSR count). The van der Waals surface area contributed by atoms with Crippen molar-refractivity contribution in [2.24, 2.45) is 5.73 Å². The number of hydrogen-bond acceptors (Lipinski definition) is 3. The molecule has 0 aromatic rings. The molecule has 0 saturated carbocycles. The van der Waals surface area contributed by atoms with E-state index >= 15 is 0 Å². The third-order valence-corrected chi connectivity index (χ3v) is 2.60. The zero-order chi connectivity index (χ0) is 10.3. The Morgan fingerprint density at radius 1 is 1.69 bits per heavy atom. The molecule has 0 aliphatic heterocycles. The first-order valence-corrected chi connectivity index (χ1v) is 5.78. The molecule has 1 amide bonds. The molecule has 0 saturated heterocycles. The second-order valence-electron chi connectivity index (χ2n) is 2.77. The highest BCUT2D eigenvalue weighted by atomic mass is 32.2. The summed E-state index contributed by atoms with van der Waals surface area (Å²) in [6, 6.07) is 0.187. The third kappa shape index (κ3) is 8.05. The number of thioether (sulfide) groups is 1. The molecular weight excluding hydrogens is 204 g/mol. The molecule has 1 atom stereocenters. The average Bonchev–Trinajstić information content (AvgIpc) is 1.98. The van der Waals surface area contributed by atoms with E-state index in [4.69, 9.17) is 5.73 Å². The highest BCUT2D eigenvalue weighted by Gasteiger charge is 2.07. The van der Waals surface area contributed by atoms with E-state index in [0.717, 1.165) is 11.5 Å². The van der Waals surface area contributed by atoms with Crippen LogP contribution in [0.15, 0.2) is 0 Å². The maximum atomic E-state index is 11.1. The van der Waals surface area contributed by atoms with Crippen LogP contribution in [0, 0.1) is 0 Å². The lowest BCUT2D eigenvalue weighted by Crippen LogP contribution is -2.36. The summed E-state index contributed by atoms with van der Waals surface area (Å²) in [7, 11) is 0. The van der Waals surface area contributed by atoms with Gasteiger partial charge in [-0.2, -0.15) is 11.8 Å². The average molecular weight is 220 g/mol. The fraction of sp³-hybridized carbons (Fsp3) is 0.750. The largest absolute Gasteiger partial charge is 0.393 e. The van der Waals surface area contributed by atoms with Gasteiger partial charge in [-0.05, 0) is 12.7 Å². The van der Waals surface area contributed by atoms with E-state index in [1.807, 2.05) is 6.92 Å². The van der Waals surface area contributed by atoms with Crippen LogP contribution in [0.5, 0.6) is 0 Å². The van der Waals surface area contributed by atoms with Crippen LogP contribution >= 0.6 is 24.0 Å². The predicted molar refractivity (Wildman–Crippen MR) is 62.0 cm³/mol. The van der Waals surface area contributed by atoms with E-state index in [1.54, 1.807) is 11.8 Å². The minimum absolute atomic E-state index is 0.0864. The van der Waals surface area contributed by atoms with Crippen molar-refractivity contribution < 1.29 is 4.79 Å². The second kappa shape index (κ2) is 7.15. The lowest BCUT2D eigenvalue weighted by atomic mass is 10.3. The number of amides is 1. The van der Waals surface area contributed by atoms with Crippen molar-refractivity contribution in [2.45, 2.75) is 26.3 Å². The second-order valence-corrected chi connectivity index (χ2v) is 4.61. The van der Waals surface area contributed by atoms with Crippen molar-refractivity contribution in [1.29, 1.82) is 0 Å². The van der Waals surface area contributed by atoms with Crippen LogP contribution in [0.2, 0.25) is 0 Å². The number of carbonyl (C=O) groups excluding carboxylic acids is 1. The number of nitrogens with two attached hydrogens (primary N) is 1. The molecule has 1 unspecified atom stereocenters. The summed E-state index contributed by atoms with van der Waals surface area (Å²) in [5.74, 6) is 1.91. The SMILES string of the molecule is CCSCC(C)NC(=O)CC(N)=S. The molecule has 0 aromatic heterocycles. The standard InChI is InChI=1S/C8H16N2OS2/c1-3-13-5-6(2)10-8(11)4-7(9)12/h6H,3-5H2,1-2H3,(H2,9,12)(H,10,11). The topological polar surface area (TPSA) is 55.1 Å². The van der Waals surface area contributed by atoms with Crippen LogP contribution in [0.1, 0.15) is 20.3 Å². The molecule has 0 aliphatic rings. The van der Waals surface area contributed by atoms with Crippen LogP contribution in [0.4, 0.5) is 0 Å². The predicted octanol–water partition coefficient (Wildman–Crippen LogP) is 0.920. The number of carbonyl (C=O) groups is 1. The third-order valence-electron chi connectivity index (χ3n) is 1.31. The van der Waals surface area contributed by atoms with Gasteiger partial charge in [-0.3, -0.25) is 4.79 Å². The van der Waals surface area contributed by atoms with Crippen molar-refractivity contribution in [3.63, 3.8) is 0 Å². The van der Waals surface area contributed by atoms with Crippen LogP contribution in [0.3, 0.4) is 0 Å². The summed E-state index contributed by atoms with van der Waals surface area (Å²) >= 11 is 6.42. The molecule has 0 radical (unpaired) electrons. The normalized spacial score (nSPS) is 12.2. The minimum atomic E-state index is -0.0864. The van der Waals surface area contributed by atoms with Gasteiger partial charge in [0.2, 0.25) is 5.91 Å². The molecule has 0 fully saturated rings. The number of thiocarbonyl (C=S) groups is 1. The Morgan fingerprint density at radius 2 is 2.31 bits per heavy atom. The quantitative estimate of drug-likeness (QED) is 0.654. The zero-order valence-corrected chi connectivity index (χ0v) is 9.63. The van der Waals surface area contributed by atoms with Gasteiger partial charge < -0.3 is 11.1 Å². The highest BCUT2D eigenvalue weighted by molar-refractivity contribution is 7.99. The summed E-state index contributed by atoms with van der Waals surface area (Å²) in [6.45, 7) is 4.06. The Bertz CT molecular complexity index is 185. The molecular formula is C8H16N2OS2. The Hall–Kier alpha value is -0.290. The molecule has 0 heterocycles. The molecule has 5 heteroatoms. The van der Waals surface area contributed by atoms with E-state index in [9.17, 15) is 4.79 Å². The summed E-state index contributed by atoms with van der Waals surface area (Å²) in [4.78, 5) is 11.4. The van der Waals surface area contributed by atoms with Crippen LogP contribution in [-0.2, 0) is 4.79 Å². The summed E-state index contributed by atoms with van der Waals surface area (Å²) in [5.41, 5.74) is 5.23. The maximum Gasteiger partial charge on any atom is 0.227 e. The monoisotopic (exact) mass is 220 g/mol. The van der Waals surface area contributed by atoms with E-state index in [1.165, 1.54) is 0 Å². The van der Waals surface area contributed by atoms with Crippen molar-refractivity contribution in [3.8, 4) is 0 Å². The number of nitrogens with one attached hydrogen (secondary N) is 1. The fourth-order valence-electron chi connectivity index (χ4n) is 0.820. The molecule has 0 bridgehead atoms. The van der Waals surface area contributed by atoms with Gasteiger partial charge in [0.1, 0.15) is 0 Å². The van der Waals surface area contributed by atoms with Crippen molar-refractivity contribution in [2.75, 3.05) is 11.5 Å². The molecule has 3 N–H and O–H groups in total. The molecule has 0 spiro atoms. The van der Waals surface area contributed by atoms with Gasteiger partial charge in [0.15, 0.2) is 0 Å². The van der Waals surface area contributed by atoms with Gasteiger partial charge in [0, 0.05) is 11.8 Å². The zero-order valence-electron chi connectivity index (χ0n) is 8.00. The molecule has 0 aliphatic carbocycles. The van der Waals surface area contributed by atoms with Gasteiger partial charge in [-0.1, -0.05) is 19.1 Å². The minimum Gasteiger partial charge on any atom is -0.393 e. The first-order valence-electron chi connectivity index (χ1n) is 4.21. The highest BCUT2D eigenvalue weighted by Crippen LogP contribution is 2.01. The molecule has 3 nitrogen and oxygen atoms in total. The van der Waals surface area contributed by atoms with Crippen LogP contribution in [0.25, 0.3) is 0 Å². The van der Waals surface area contributed by atoms with Gasteiger partial charge in [0.25, 0.3) is 0 Å². The lowest BCUT2D eigenvalue weighted by Gasteiger charge is -2.12. The fourth-order valence-corrected chi connectivity index (χ4v) is 1.62. The first kappa shape index (κ1) is 12.7. The lowest BCUT2D eigenvalue weighted by molar-refractivity contribution is -0.120. The summed E-state index contributed by atoms with van der Waals surface area (Å²) in [5, 5.41) is 2.82. The van der Waals surface area contributed by atoms with E-state index in [-0.39, 0.29) is 23.4 Å². The summed E-state index contributed by atoms with van der Waals surface area (Å²) in [6.07, 6.45) is 0.149. The number of rotatable bonds is 6. The molecule has 76 valence electrons. The Balaban J connectivity index is 3.59. The van der Waals surface area contributed by atoms with E-state index in [0.29, 0.717) is 0 Å². The Morgan fingerprint density at radius 3 is 2.77 bits per heavy atom. The summed E-state index contributed by atoms with van der Waals surface area (Å²) < 4.78 is 0. The smallest absolute Gasteiger partial charge is 0.227 e. The number of hydrogen-bond donors (Lipinski definition) is 2. The van der Waals surface area contributed by atoms with E-state index < -0.39 is 0 Å². The molecule has 0 aromatic carbocycles. The van der Waals surface area contributed by atoms with Gasteiger partial charge in [-0.25, -0.2) is 0 Å². The Labute approximate surface area is 88.8 Å². The van der Waals surface area contributed by atoms with Gasteiger partial charge >= 0.3 is 0 Å². The van der Waals surface area contributed by atoms with Crippen LogP contribution < -0.4 is 11.1 Å². The van der Waals surface area contributed by atoms with Crippen molar-refractivity contribution >= 4 is 34.9 Å². The Kier molecular flexibility index (Phi) is 6.99. The van der Waals surface area contributed by atoms with Gasteiger partial charge in [-0.15, -0.1) is 0 Å². The van der Waals surface area contributed by atoms with E-state index in [2.05, 4.69) is 24.5 Å². The first-order chi connectivity index (χ1) is 6.06. The van der Waals surface area contributed by atoms with Crippen molar-refractivity contribution in [3.05, 3.63) is 0 Å². The molecule has 13 heavy (non-hydrogen) atoms. The van der Waals surface area contributed by atoms with Crippen molar-refractivity contribution in [1.82, 2.24) is 5.32 Å². The van der Waals surface area contributed by atoms with Gasteiger partial charge in [0.05, 0.1) is 11.4 Å².